The predicted molar refractivity (Wildman–Crippen MR) is 86.0 cm³/mol. The Labute approximate surface area is 125 Å². The highest BCUT2D eigenvalue weighted by atomic mass is 32.1. The van der Waals surface area contributed by atoms with Gasteiger partial charge in [0.1, 0.15) is 0 Å². The summed E-state index contributed by atoms with van der Waals surface area (Å²) in [5.41, 5.74) is 6.05. The molecular formula is C17H22N2S. The largest absolute Gasteiger partial charge is 0.271 e. The number of nitrogens with two attached hydrogens (primary N) is 1. The number of hydrogen-bond acceptors (Lipinski definition) is 3. The van der Waals surface area contributed by atoms with Gasteiger partial charge < -0.3 is 0 Å². The first kappa shape index (κ1) is 13.8. The number of rotatable bonds is 5. The van der Waals surface area contributed by atoms with E-state index < -0.39 is 0 Å². The molecule has 1 heterocycles. The van der Waals surface area contributed by atoms with Crippen LogP contribution in [0.2, 0.25) is 0 Å². The van der Waals surface area contributed by atoms with Crippen LogP contribution in [0.1, 0.15) is 40.1 Å². The van der Waals surface area contributed by atoms with E-state index in [1.165, 1.54) is 33.7 Å². The summed E-state index contributed by atoms with van der Waals surface area (Å²) < 4.78 is 0. The van der Waals surface area contributed by atoms with E-state index in [1.54, 1.807) is 0 Å². The average molecular weight is 286 g/mol. The zero-order valence-electron chi connectivity index (χ0n) is 11.9. The molecule has 0 aliphatic heterocycles. The fraction of sp³-hybridized carbons (Fsp3) is 0.412. The second-order valence-electron chi connectivity index (χ2n) is 5.54. The van der Waals surface area contributed by atoms with Gasteiger partial charge in [0.05, 0.1) is 0 Å². The number of aryl methyl sites for hydroxylation is 2. The molecule has 3 heteroatoms. The predicted octanol–water partition coefficient (Wildman–Crippen LogP) is 3.41. The zero-order valence-corrected chi connectivity index (χ0v) is 12.7. The van der Waals surface area contributed by atoms with Gasteiger partial charge in [-0.25, -0.2) is 0 Å². The number of thiophene rings is 1. The monoisotopic (exact) mass is 286 g/mol. The zero-order chi connectivity index (χ0) is 13.9. The van der Waals surface area contributed by atoms with Crippen molar-refractivity contribution in [3.8, 4) is 0 Å². The number of hydrogen-bond donors (Lipinski definition) is 2. The summed E-state index contributed by atoms with van der Waals surface area (Å²) in [5.74, 6) is 6.40. The van der Waals surface area contributed by atoms with E-state index in [2.05, 4.69) is 48.7 Å². The van der Waals surface area contributed by atoms with Gasteiger partial charge >= 0.3 is 0 Å². The molecule has 2 nitrogen and oxygen atoms in total. The van der Waals surface area contributed by atoms with Gasteiger partial charge in [-0.15, -0.1) is 11.3 Å². The number of fused-ring (bicyclic) bond motifs is 1. The van der Waals surface area contributed by atoms with E-state index in [0.29, 0.717) is 12.0 Å². The summed E-state index contributed by atoms with van der Waals surface area (Å²) in [6.45, 7) is 2.21. The molecule has 0 saturated carbocycles. The Morgan fingerprint density at radius 1 is 1.25 bits per heavy atom. The Hall–Kier alpha value is -1.16. The molecule has 0 amide bonds. The highest BCUT2D eigenvalue weighted by molar-refractivity contribution is 7.11. The topological polar surface area (TPSA) is 38.0 Å². The standard InChI is InChI=1S/C17H22N2S/c1-2-13-8-9-14(20-13)11-17(19-18)16-10-7-12-5-3-4-6-15(12)16/h3-6,8-9,16-17,19H,2,7,10-11,18H2,1H3. The molecule has 1 aliphatic carbocycles. The molecule has 0 spiro atoms. The highest BCUT2D eigenvalue weighted by Gasteiger charge is 2.29. The first-order valence-corrected chi connectivity index (χ1v) is 8.25. The molecule has 20 heavy (non-hydrogen) atoms. The summed E-state index contributed by atoms with van der Waals surface area (Å²) in [5, 5.41) is 0. The molecule has 0 radical (unpaired) electrons. The van der Waals surface area contributed by atoms with Crippen LogP contribution in [0.4, 0.5) is 0 Å². The van der Waals surface area contributed by atoms with E-state index in [4.69, 9.17) is 5.84 Å². The molecular weight excluding hydrogens is 264 g/mol. The van der Waals surface area contributed by atoms with E-state index in [9.17, 15) is 0 Å². The van der Waals surface area contributed by atoms with Gasteiger partial charge in [0.15, 0.2) is 0 Å². The smallest absolute Gasteiger partial charge is 0.0327 e. The Kier molecular flexibility index (Phi) is 4.20. The van der Waals surface area contributed by atoms with Crippen molar-refractivity contribution in [3.05, 3.63) is 57.3 Å². The summed E-state index contributed by atoms with van der Waals surface area (Å²) in [4.78, 5) is 2.90. The molecule has 1 aliphatic rings. The van der Waals surface area contributed by atoms with Gasteiger partial charge in [0.2, 0.25) is 0 Å². The fourth-order valence-corrected chi connectivity index (χ4v) is 4.28. The maximum Gasteiger partial charge on any atom is 0.0327 e. The van der Waals surface area contributed by atoms with Crippen molar-refractivity contribution in [2.24, 2.45) is 5.84 Å². The molecule has 0 saturated heterocycles. The van der Waals surface area contributed by atoms with Gasteiger partial charge in [-0.3, -0.25) is 11.3 Å². The van der Waals surface area contributed by atoms with E-state index in [1.807, 2.05) is 11.3 Å². The van der Waals surface area contributed by atoms with Crippen LogP contribution in [0.3, 0.4) is 0 Å². The molecule has 2 aromatic rings. The fourth-order valence-electron chi connectivity index (χ4n) is 3.26. The highest BCUT2D eigenvalue weighted by Crippen LogP contribution is 2.36. The van der Waals surface area contributed by atoms with Crippen LogP contribution in [0.25, 0.3) is 0 Å². The maximum absolute atomic E-state index is 5.85. The van der Waals surface area contributed by atoms with Crippen LogP contribution in [0.15, 0.2) is 36.4 Å². The van der Waals surface area contributed by atoms with Crippen molar-refractivity contribution in [1.82, 2.24) is 5.43 Å². The Morgan fingerprint density at radius 3 is 2.80 bits per heavy atom. The summed E-state index contributed by atoms with van der Waals surface area (Å²) in [7, 11) is 0. The van der Waals surface area contributed by atoms with Crippen LogP contribution < -0.4 is 11.3 Å². The minimum absolute atomic E-state index is 0.335. The first-order chi connectivity index (χ1) is 9.81. The van der Waals surface area contributed by atoms with Crippen molar-refractivity contribution in [2.45, 2.75) is 44.6 Å². The summed E-state index contributed by atoms with van der Waals surface area (Å²) in [6.07, 6.45) is 4.54. The minimum Gasteiger partial charge on any atom is -0.271 e. The Balaban J connectivity index is 1.77. The van der Waals surface area contributed by atoms with E-state index in [-0.39, 0.29) is 0 Å². The van der Waals surface area contributed by atoms with Crippen molar-refractivity contribution in [2.75, 3.05) is 0 Å². The van der Waals surface area contributed by atoms with Gasteiger partial charge in [-0.2, -0.15) is 0 Å². The van der Waals surface area contributed by atoms with Crippen LogP contribution in [0.5, 0.6) is 0 Å². The lowest BCUT2D eigenvalue weighted by Crippen LogP contribution is -2.40. The third-order valence-electron chi connectivity index (χ3n) is 4.37. The lowest BCUT2D eigenvalue weighted by atomic mass is 9.91. The second-order valence-corrected chi connectivity index (χ2v) is 6.80. The van der Waals surface area contributed by atoms with Crippen LogP contribution >= 0.6 is 11.3 Å². The molecule has 0 bridgehead atoms. The van der Waals surface area contributed by atoms with Gasteiger partial charge in [0.25, 0.3) is 0 Å². The van der Waals surface area contributed by atoms with E-state index >= 15 is 0 Å². The van der Waals surface area contributed by atoms with Crippen molar-refractivity contribution >= 4 is 11.3 Å². The van der Waals surface area contributed by atoms with Gasteiger partial charge in [-0.1, -0.05) is 31.2 Å². The lowest BCUT2D eigenvalue weighted by Gasteiger charge is -2.23. The molecule has 0 fully saturated rings. The van der Waals surface area contributed by atoms with Crippen molar-refractivity contribution in [3.63, 3.8) is 0 Å². The third-order valence-corrected chi connectivity index (χ3v) is 5.62. The van der Waals surface area contributed by atoms with Crippen LogP contribution in [-0.2, 0) is 19.3 Å². The number of hydrazine groups is 1. The Bertz CT molecular complexity index is 576. The van der Waals surface area contributed by atoms with Gasteiger partial charge in [0, 0.05) is 21.7 Å². The number of benzene rings is 1. The van der Waals surface area contributed by atoms with Crippen LogP contribution in [-0.4, -0.2) is 6.04 Å². The molecule has 2 unspecified atom stereocenters. The third kappa shape index (κ3) is 2.66. The Morgan fingerprint density at radius 2 is 2.05 bits per heavy atom. The van der Waals surface area contributed by atoms with Gasteiger partial charge in [-0.05, 0) is 48.9 Å². The average Bonchev–Trinajstić information content (AvgIpc) is 3.11. The molecule has 106 valence electrons. The molecule has 1 aromatic heterocycles. The molecule has 1 aromatic carbocycles. The normalized spacial score (nSPS) is 19.0. The molecule has 2 atom stereocenters. The second kappa shape index (κ2) is 6.08. The van der Waals surface area contributed by atoms with E-state index in [0.717, 1.165) is 12.8 Å². The minimum atomic E-state index is 0.335. The SMILES string of the molecule is CCc1ccc(CC(NN)C2CCc3ccccc32)s1. The number of nitrogens with one attached hydrogen (secondary N) is 1. The quantitative estimate of drug-likeness (QED) is 0.653. The van der Waals surface area contributed by atoms with Crippen molar-refractivity contribution < 1.29 is 0 Å². The van der Waals surface area contributed by atoms with Crippen LogP contribution in [0, 0.1) is 0 Å². The van der Waals surface area contributed by atoms with Crippen molar-refractivity contribution in [1.29, 1.82) is 0 Å². The maximum atomic E-state index is 5.85. The molecule has 3 N–H and O–H groups in total. The molecule has 3 rings (SSSR count). The summed E-state index contributed by atoms with van der Waals surface area (Å²) >= 11 is 1.92. The first-order valence-electron chi connectivity index (χ1n) is 7.43. The summed E-state index contributed by atoms with van der Waals surface area (Å²) in [6, 6.07) is 13.6. The lowest BCUT2D eigenvalue weighted by molar-refractivity contribution is 0.436.